The van der Waals surface area contributed by atoms with E-state index in [-0.39, 0.29) is 15.1 Å². The van der Waals surface area contributed by atoms with Crippen LogP contribution in [0.4, 0.5) is 18.9 Å². The Labute approximate surface area is 105 Å². The van der Waals surface area contributed by atoms with Gasteiger partial charge in [-0.15, -0.1) is 13.2 Å². The third kappa shape index (κ3) is 3.12. The summed E-state index contributed by atoms with van der Waals surface area (Å²) in [5.74, 6) is -1.06. The number of halogens is 4. The van der Waals surface area contributed by atoms with Crippen LogP contribution < -0.4 is 10.6 Å². The zero-order chi connectivity index (χ0) is 13.2. The van der Waals surface area contributed by atoms with Gasteiger partial charge in [0.2, 0.25) is 0 Å². The number of aryl methyl sites for hydroxylation is 1. The van der Waals surface area contributed by atoms with Gasteiger partial charge in [-0.25, -0.2) is 4.90 Å². The third-order valence-corrected chi connectivity index (χ3v) is 2.82. The monoisotopic (exact) mass is 309 g/mol. The SMILES string of the molecule is CCc1ccc(Br)c(N(C(=N)N)C(F)(F)F)c1. The second-order valence-corrected chi connectivity index (χ2v) is 4.18. The topological polar surface area (TPSA) is 53.1 Å². The quantitative estimate of drug-likeness (QED) is 0.500. The minimum Gasteiger partial charge on any atom is -0.369 e. The predicted molar refractivity (Wildman–Crippen MR) is 64.0 cm³/mol. The molecule has 0 heterocycles. The summed E-state index contributed by atoms with van der Waals surface area (Å²) in [7, 11) is 0. The van der Waals surface area contributed by atoms with Gasteiger partial charge in [-0.1, -0.05) is 13.0 Å². The molecule has 3 nitrogen and oxygen atoms in total. The fourth-order valence-electron chi connectivity index (χ4n) is 1.35. The maximum absolute atomic E-state index is 12.8. The van der Waals surface area contributed by atoms with Gasteiger partial charge in [-0.05, 0) is 40.0 Å². The van der Waals surface area contributed by atoms with Crippen LogP contribution in [0.1, 0.15) is 12.5 Å². The molecular weight excluding hydrogens is 299 g/mol. The largest absolute Gasteiger partial charge is 0.491 e. The molecule has 0 bridgehead atoms. The zero-order valence-electron chi connectivity index (χ0n) is 8.98. The molecule has 0 unspecified atom stereocenters. The summed E-state index contributed by atoms with van der Waals surface area (Å²) in [6.07, 6.45) is -4.12. The normalized spacial score (nSPS) is 11.4. The summed E-state index contributed by atoms with van der Waals surface area (Å²) in [5, 5.41) is 7.03. The molecule has 0 amide bonds. The molecule has 3 N–H and O–H groups in total. The van der Waals surface area contributed by atoms with Crippen molar-refractivity contribution in [3.63, 3.8) is 0 Å². The molecule has 0 spiro atoms. The van der Waals surface area contributed by atoms with Crippen LogP contribution in [0, 0.1) is 5.41 Å². The molecule has 0 aliphatic heterocycles. The molecule has 0 atom stereocenters. The third-order valence-electron chi connectivity index (χ3n) is 2.15. The van der Waals surface area contributed by atoms with E-state index in [9.17, 15) is 13.2 Å². The molecule has 0 saturated heterocycles. The number of nitrogens with zero attached hydrogens (tertiary/aromatic N) is 1. The van der Waals surface area contributed by atoms with E-state index < -0.39 is 12.3 Å². The summed E-state index contributed by atoms with van der Waals surface area (Å²) in [6.45, 7) is 1.83. The highest BCUT2D eigenvalue weighted by Gasteiger charge is 2.40. The van der Waals surface area contributed by atoms with Crippen LogP contribution in [0.5, 0.6) is 0 Å². The number of anilines is 1. The molecule has 7 heteroatoms. The van der Waals surface area contributed by atoms with Crippen molar-refractivity contribution in [2.75, 3.05) is 4.90 Å². The molecule has 1 aromatic carbocycles. The van der Waals surface area contributed by atoms with Crippen LogP contribution in [0.3, 0.4) is 0 Å². The number of benzene rings is 1. The minimum atomic E-state index is -4.72. The molecular formula is C10H11BrF3N3. The first-order valence-corrected chi connectivity index (χ1v) is 5.56. The fourth-order valence-corrected chi connectivity index (χ4v) is 1.78. The van der Waals surface area contributed by atoms with Crippen LogP contribution in [0.2, 0.25) is 0 Å². The van der Waals surface area contributed by atoms with Gasteiger partial charge in [-0.3, -0.25) is 5.41 Å². The van der Waals surface area contributed by atoms with E-state index in [0.717, 1.165) is 5.56 Å². The Bertz CT molecular complexity index is 431. The van der Waals surface area contributed by atoms with Crippen molar-refractivity contribution >= 4 is 27.6 Å². The highest BCUT2D eigenvalue weighted by atomic mass is 79.9. The van der Waals surface area contributed by atoms with Crippen molar-refractivity contribution in [3.8, 4) is 0 Å². The lowest BCUT2D eigenvalue weighted by atomic mass is 10.1. The number of nitrogens with two attached hydrogens (primary N) is 1. The van der Waals surface area contributed by atoms with Gasteiger partial charge in [0.05, 0.1) is 5.69 Å². The van der Waals surface area contributed by atoms with E-state index in [4.69, 9.17) is 11.1 Å². The lowest BCUT2D eigenvalue weighted by molar-refractivity contribution is -0.118. The standard InChI is InChI=1S/C10H11BrF3N3/c1-2-6-3-4-7(11)8(5-6)17(9(15)16)10(12,13)14/h3-5H,2H2,1H3,(H3,15,16). The molecule has 1 rings (SSSR count). The van der Waals surface area contributed by atoms with E-state index in [1.807, 2.05) is 6.92 Å². The Balaban J connectivity index is 3.32. The summed E-state index contributed by atoms with van der Waals surface area (Å²) in [5.41, 5.74) is 5.54. The Morgan fingerprint density at radius 1 is 1.47 bits per heavy atom. The Hall–Kier alpha value is -1.24. The van der Waals surface area contributed by atoms with Crippen molar-refractivity contribution in [3.05, 3.63) is 28.2 Å². The highest BCUT2D eigenvalue weighted by Crippen LogP contribution is 2.34. The molecule has 0 fully saturated rings. The zero-order valence-corrected chi connectivity index (χ0v) is 10.6. The van der Waals surface area contributed by atoms with Crippen molar-refractivity contribution in [2.45, 2.75) is 19.6 Å². The second-order valence-electron chi connectivity index (χ2n) is 3.33. The van der Waals surface area contributed by atoms with Gasteiger partial charge in [0.1, 0.15) is 0 Å². The first-order chi connectivity index (χ1) is 7.77. The van der Waals surface area contributed by atoms with Gasteiger partial charge < -0.3 is 5.73 Å². The van der Waals surface area contributed by atoms with E-state index in [0.29, 0.717) is 6.42 Å². The van der Waals surface area contributed by atoms with Crippen molar-refractivity contribution in [1.29, 1.82) is 5.41 Å². The van der Waals surface area contributed by atoms with Crippen molar-refractivity contribution in [2.24, 2.45) is 5.73 Å². The average molecular weight is 310 g/mol. The first-order valence-electron chi connectivity index (χ1n) is 4.76. The average Bonchev–Trinajstić information content (AvgIpc) is 2.18. The minimum absolute atomic E-state index is 0.170. The number of hydrogen-bond acceptors (Lipinski definition) is 1. The van der Waals surface area contributed by atoms with Crippen LogP contribution in [0.25, 0.3) is 0 Å². The van der Waals surface area contributed by atoms with Crippen LogP contribution in [0.15, 0.2) is 22.7 Å². The van der Waals surface area contributed by atoms with Gasteiger partial charge >= 0.3 is 6.30 Å². The maximum atomic E-state index is 12.8. The second kappa shape index (κ2) is 4.95. The summed E-state index contributed by atoms with van der Waals surface area (Å²) >= 11 is 3.03. The highest BCUT2D eigenvalue weighted by molar-refractivity contribution is 9.10. The molecule has 0 aromatic heterocycles. The summed E-state index contributed by atoms with van der Waals surface area (Å²) < 4.78 is 38.5. The van der Waals surface area contributed by atoms with Gasteiger partial charge in [0.15, 0.2) is 5.96 Å². The number of alkyl halides is 3. The molecule has 94 valence electrons. The lowest BCUT2D eigenvalue weighted by Gasteiger charge is -2.26. The lowest BCUT2D eigenvalue weighted by Crippen LogP contribution is -2.47. The summed E-state index contributed by atoms with van der Waals surface area (Å²) in [4.78, 5) is -0.170. The molecule has 0 aliphatic carbocycles. The van der Waals surface area contributed by atoms with E-state index >= 15 is 0 Å². The first kappa shape index (κ1) is 13.8. The Morgan fingerprint density at radius 2 is 2.06 bits per heavy atom. The maximum Gasteiger partial charge on any atom is 0.491 e. The Morgan fingerprint density at radius 3 is 2.47 bits per heavy atom. The van der Waals surface area contributed by atoms with E-state index in [2.05, 4.69) is 15.9 Å². The van der Waals surface area contributed by atoms with Crippen LogP contribution in [-0.4, -0.2) is 12.3 Å². The molecule has 0 radical (unpaired) electrons. The summed E-state index contributed by atoms with van der Waals surface area (Å²) in [6, 6.07) is 4.58. The van der Waals surface area contributed by atoms with Gasteiger partial charge in [0, 0.05) is 4.47 Å². The number of nitrogens with one attached hydrogen (secondary N) is 1. The number of rotatable bonds is 2. The van der Waals surface area contributed by atoms with E-state index in [1.165, 1.54) is 12.1 Å². The van der Waals surface area contributed by atoms with Crippen molar-refractivity contribution in [1.82, 2.24) is 0 Å². The van der Waals surface area contributed by atoms with Gasteiger partial charge in [0.25, 0.3) is 0 Å². The molecule has 0 aliphatic rings. The Kier molecular flexibility index (Phi) is 4.03. The molecule has 17 heavy (non-hydrogen) atoms. The fraction of sp³-hybridized carbons (Fsp3) is 0.300. The van der Waals surface area contributed by atoms with Crippen LogP contribution >= 0.6 is 15.9 Å². The molecule has 0 saturated carbocycles. The smallest absolute Gasteiger partial charge is 0.369 e. The number of hydrogen-bond donors (Lipinski definition) is 2. The predicted octanol–water partition coefficient (Wildman–Crippen LogP) is 3.23. The van der Waals surface area contributed by atoms with Crippen molar-refractivity contribution < 1.29 is 13.2 Å². The van der Waals surface area contributed by atoms with E-state index in [1.54, 1.807) is 6.07 Å². The number of guanidine groups is 1. The molecule has 1 aromatic rings. The van der Waals surface area contributed by atoms with Crippen LogP contribution in [-0.2, 0) is 6.42 Å². The van der Waals surface area contributed by atoms with Gasteiger partial charge in [-0.2, -0.15) is 0 Å².